The van der Waals surface area contributed by atoms with E-state index in [1.54, 1.807) is 6.07 Å². The van der Waals surface area contributed by atoms with Gasteiger partial charge in [-0.15, -0.1) is 0 Å². The third-order valence-corrected chi connectivity index (χ3v) is 3.75. The fourth-order valence-corrected chi connectivity index (χ4v) is 2.45. The van der Waals surface area contributed by atoms with Gasteiger partial charge in [0.2, 0.25) is 0 Å². The molecule has 2 aromatic rings. The number of benzene rings is 2. The van der Waals surface area contributed by atoms with Crippen molar-refractivity contribution in [3.05, 3.63) is 64.7 Å². The van der Waals surface area contributed by atoms with Crippen molar-refractivity contribution in [3.8, 4) is 0 Å². The molecule has 3 nitrogen and oxygen atoms in total. The van der Waals surface area contributed by atoms with E-state index in [1.807, 2.05) is 68.1 Å². The van der Waals surface area contributed by atoms with Gasteiger partial charge in [0.25, 0.3) is 0 Å². The van der Waals surface area contributed by atoms with E-state index in [2.05, 4.69) is 5.32 Å². The van der Waals surface area contributed by atoms with Crippen LogP contribution in [0.4, 0.5) is 10.5 Å². The van der Waals surface area contributed by atoms with E-state index in [9.17, 15) is 4.79 Å². The first-order valence-corrected chi connectivity index (χ1v) is 7.73. The van der Waals surface area contributed by atoms with E-state index in [4.69, 9.17) is 11.6 Å². The highest BCUT2D eigenvalue weighted by molar-refractivity contribution is 6.30. The van der Waals surface area contributed by atoms with Gasteiger partial charge in [0.15, 0.2) is 0 Å². The van der Waals surface area contributed by atoms with Crippen LogP contribution in [0.3, 0.4) is 0 Å². The fraction of sp³-hybridized carbons (Fsp3) is 0.278. The van der Waals surface area contributed by atoms with Gasteiger partial charge in [-0.05, 0) is 50.1 Å². The van der Waals surface area contributed by atoms with Gasteiger partial charge in [0.1, 0.15) is 0 Å². The molecule has 2 aromatic carbocycles. The number of aryl methyl sites for hydroxylation is 1. The third-order valence-electron chi connectivity index (χ3n) is 3.51. The monoisotopic (exact) mass is 316 g/mol. The van der Waals surface area contributed by atoms with Crippen molar-refractivity contribution in [1.82, 2.24) is 4.90 Å². The molecule has 0 unspecified atom stereocenters. The number of halogens is 1. The topological polar surface area (TPSA) is 32.3 Å². The van der Waals surface area contributed by atoms with Crippen molar-refractivity contribution < 1.29 is 4.79 Å². The summed E-state index contributed by atoms with van der Waals surface area (Å²) in [6.07, 6.45) is 0. The summed E-state index contributed by atoms with van der Waals surface area (Å²) in [6, 6.07) is 15.4. The van der Waals surface area contributed by atoms with Crippen molar-refractivity contribution >= 4 is 23.3 Å². The smallest absolute Gasteiger partial charge is 0.318 e. The number of anilines is 1. The van der Waals surface area contributed by atoms with Crippen LogP contribution in [0.1, 0.15) is 25.0 Å². The largest absolute Gasteiger partial charge is 0.322 e. The number of carbonyl (C=O) groups excluding carboxylic acids is 1. The van der Waals surface area contributed by atoms with Crippen LogP contribution in [0.25, 0.3) is 0 Å². The van der Waals surface area contributed by atoms with Gasteiger partial charge < -0.3 is 10.2 Å². The lowest BCUT2D eigenvalue weighted by atomic mass is 10.2. The molecule has 2 rings (SSSR count). The predicted octanol–water partition coefficient (Wildman–Crippen LogP) is 5.09. The Morgan fingerprint density at radius 1 is 1.18 bits per heavy atom. The molecule has 1 N–H and O–H groups in total. The van der Waals surface area contributed by atoms with Gasteiger partial charge in [-0.25, -0.2) is 4.79 Å². The van der Waals surface area contributed by atoms with Crippen LogP contribution in [-0.4, -0.2) is 17.0 Å². The van der Waals surface area contributed by atoms with Crippen molar-refractivity contribution in [2.24, 2.45) is 0 Å². The molecular formula is C18H21ClN2O. The van der Waals surface area contributed by atoms with Gasteiger partial charge in [-0.1, -0.05) is 41.9 Å². The quantitative estimate of drug-likeness (QED) is 0.837. The van der Waals surface area contributed by atoms with E-state index < -0.39 is 0 Å². The summed E-state index contributed by atoms with van der Waals surface area (Å²) in [5.74, 6) is 0. The Labute approximate surface area is 136 Å². The lowest BCUT2D eigenvalue weighted by Crippen LogP contribution is -2.39. The molecule has 0 radical (unpaired) electrons. The van der Waals surface area contributed by atoms with E-state index in [0.29, 0.717) is 11.6 Å². The van der Waals surface area contributed by atoms with Crippen molar-refractivity contribution in [2.75, 3.05) is 5.32 Å². The Morgan fingerprint density at radius 2 is 1.86 bits per heavy atom. The number of rotatable bonds is 4. The lowest BCUT2D eigenvalue weighted by molar-refractivity contribution is 0.193. The van der Waals surface area contributed by atoms with E-state index in [0.717, 1.165) is 16.8 Å². The first-order chi connectivity index (χ1) is 10.5. The molecular weight excluding hydrogens is 296 g/mol. The lowest BCUT2D eigenvalue weighted by Gasteiger charge is -2.27. The van der Waals surface area contributed by atoms with E-state index >= 15 is 0 Å². The minimum absolute atomic E-state index is 0.104. The van der Waals surface area contributed by atoms with Crippen LogP contribution in [0.5, 0.6) is 0 Å². The van der Waals surface area contributed by atoms with Crippen LogP contribution in [-0.2, 0) is 6.54 Å². The Bertz CT molecular complexity index is 641. The Balaban J connectivity index is 2.13. The molecule has 0 aromatic heterocycles. The zero-order valence-electron chi connectivity index (χ0n) is 13.1. The maximum absolute atomic E-state index is 12.6. The van der Waals surface area contributed by atoms with E-state index in [-0.39, 0.29) is 12.1 Å². The Hall–Kier alpha value is -2.00. The van der Waals surface area contributed by atoms with Crippen LogP contribution in [0.2, 0.25) is 5.02 Å². The molecule has 0 atom stereocenters. The fourth-order valence-electron chi connectivity index (χ4n) is 2.22. The minimum atomic E-state index is -0.107. The molecule has 0 saturated heterocycles. The van der Waals surface area contributed by atoms with E-state index in [1.165, 1.54) is 0 Å². The Kier molecular flexibility index (Phi) is 5.45. The number of hydrogen-bond acceptors (Lipinski definition) is 1. The molecule has 2 amide bonds. The van der Waals surface area contributed by atoms with Crippen LogP contribution in [0.15, 0.2) is 48.5 Å². The van der Waals surface area contributed by atoms with Crippen LogP contribution in [0, 0.1) is 6.92 Å². The number of hydrogen-bond donors (Lipinski definition) is 1. The second-order valence-corrected chi connectivity index (χ2v) is 6.03. The summed E-state index contributed by atoms with van der Waals surface area (Å²) in [7, 11) is 0. The molecule has 4 heteroatoms. The number of amides is 2. The van der Waals surface area contributed by atoms with Crippen LogP contribution >= 0.6 is 11.6 Å². The maximum atomic E-state index is 12.6. The highest BCUT2D eigenvalue weighted by Gasteiger charge is 2.18. The molecule has 116 valence electrons. The SMILES string of the molecule is Cc1cc(Cl)ccc1NC(=O)N(Cc1ccccc1)C(C)C. The number of nitrogens with zero attached hydrogens (tertiary/aromatic N) is 1. The average Bonchev–Trinajstić information content (AvgIpc) is 2.48. The molecule has 0 aliphatic rings. The third kappa shape index (κ3) is 4.25. The molecule has 0 saturated carbocycles. The second kappa shape index (κ2) is 7.32. The van der Waals surface area contributed by atoms with Gasteiger partial charge in [-0.2, -0.15) is 0 Å². The van der Waals surface area contributed by atoms with Crippen molar-refractivity contribution in [3.63, 3.8) is 0 Å². The summed E-state index contributed by atoms with van der Waals surface area (Å²) in [6.45, 7) is 6.53. The van der Waals surface area contributed by atoms with Crippen molar-refractivity contribution in [2.45, 2.75) is 33.4 Å². The van der Waals surface area contributed by atoms with Gasteiger partial charge >= 0.3 is 6.03 Å². The highest BCUT2D eigenvalue weighted by atomic mass is 35.5. The summed E-state index contributed by atoms with van der Waals surface area (Å²) in [4.78, 5) is 14.4. The van der Waals surface area contributed by atoms with Crippen molar-refractivity contribution in [1.29, 1.82) is 0 Å². The Morgan fingerprint density at radius 3 is 2.45 bits per heavy atom. The number of urea groups is 1. The summed E-state index contributed by atoms with van der Waals surface area (Å²) >= 11 is 5.95. The summed E-state index contributed by atoms with van der Waals surface area (Å²) in [5.41, 5.74) is 2.84. The first kappa shape index (κ1) is 16.4. The minimum Gasteiger partial charge on any atom is -0.318 e. The molecule has 0 heterocycles. The molecule has 22 heavy (non-hydrogen) atoms. The molecule has 0 bridgehead atoms. The van der Waals surface area contributed by atoms with Crippen LogP contribution < -0.4 is 5.32 Å². The van der Waals surface area contributed by atoms with Gasteiger partial charge in [0.05, 0.1) is 0 Å². The first-order valence-electron chi connectivity index (χ1n) is 7.35. The number of carbonyl (C=O) groups is 1. The zero-order chi connectivity index (χ0) is 16.1. The molecule has 0 spiro atoms. The normalized spacial score (nSPS) is 10.6. The second-order valence-electron chi connectivity index (χ2n) is 5.60. The predicted molar refractivity (Wildman–Crippen MR) is 92.3 cm³/mol. The molecule has 0 aliphatic heterocycles. The standard InChI is InChI=1S/C18H21ClN2O/c1-13(2)21(12-15-7-5-4-6-8-15)18(22)20-17-10-9-16(19)11-14(17)3/h4-11,13H,12H2,1-3H3,(H,20,22). The molecule has 0 aliphatic carbocycles. The average molecular weight is 317 g/mol. The highest BCUT2D eigenvalue weighted by Crippen LogP contribution is 2.20. The zero-order valence-corrected chi connectivity index (χ0v) is 13.9. The summed E-state index contributed by atoms with van der Waals surface area (Å²) in [5, 5.41) is 3.63. The maximum Gasteiger partial charge on any atom is 0.322 e. The van der Waals surface area contributed by atoms with Gasteiger partial charge in [0, 0.05) is 23.3 Å². The molecule has 0 fully saturated rings. The number of nitrogens with one attached hydrogen (secondary N) is 1. The van der Waals surface area contributed by atoms with Gasteiger partial charge in [-0.3, -0.25) is 0 Å². The summed E-state index contributed by atoms with van der Waals surface area (Å²) < 4.78 is 0.